The van der Waals surface area contributed by atoms with Crippen LogP contribution in [-0.2, 0) is 18.6 Å². The van der Waals surface area contributed by atoms with Gasteiger partial charge >= 0.3 is 5.69 Å². The molecular weight excluding hydrogens is 324 g/mol. The summed E-state index contributed by atoms with van der Waals surface area (Å²) in [4.78, 5) is 18.5. The Balaban J connectivity index is 1.80. The van der Waals surface area contributed by atoms with E-state index in [1.54, 1.807) is 11.8 Å². The van der Waals surface area contributed by atoms with Crippen molar-refractivity contribution in [3.63, 3.8) is 0 Å². The summed E-state index contributed by atoms with van der Waals surface area (Å²) in [6.07, 6.45) is 3.11. The highest BCUT2D eigenvalue weighted by Crippen LogP contribution is 2.30. The molecule has 0 saturated heterocycles. The van der Waals surface area contributed by atoms with Crippen molar-refractivity contribution in [1.29, 1.82) is 0 Å². The van der Waals surface area contributed by atoms with Gasteiger partial charge in [0.2, 0.25) is 0 Å². The first kappa shape index (κ1) is 12.9. The molecule has 1 aromatic heterocycles. The maximum absolute atomic E-state index is 11.5. The minimum Gasteiger partial charge on any atom is -0.309 e. The molecule has 0 radical (unpaired) electrons. The van der Waals surface area contributed by atoms with Gasteiger partial charge in [0.15, 0.2) is 0 Å². The maximum atomic E-state index is 11.5. The van der Waals surface area contributed by atoms with Crippen molar-refractivity contribution in [3.05, 3.63) is 56.0 Å². The van der Waals surface area contributed by atoms with Crippen LogP contribution in [0.5, 0.6) is 0 Å². The average Bonchev–Trinajstić information content (AvgIpc) is 2.85. The molecule has 3 rings (SSSR count). The molecule has 0 amide bonds. The molecule has 0 aliphatic heterocycles. The molecule has 0 fully saturated rings. The summed E-state index contributed by atoms with van der Waals surface area (Å²) in [6, 6.07) is 8.24. The minimum absolute atomic E-state index is 0.223. The second kappa shape index (κ2) is 5.51. The van der Waals surface area contributed by atoms with Gasteiger partial charge in [-0.05, 0) is 37.0 Å². The van der Waals surface area contributed by atoms with Crippen LogP contribution in [0.1, 0.15) is 23.2 Å². The number of nitrogens with one attached hydrogen (secondary N) is 1. The summed E-state index contributed by atoms with van der Waals surface area (Å²) in [5, 5.41) is 0.902. The van der Waals surface area contributed by atoms with E-state index in [1.807, 2.05) is 12.1 Å². The average molecular weight is 337 g/mol. The molecule has 0 atom stereocenters. The van der Waals surface area contributed by atoms with E-state index in [0.29, 0.717) is 0 Å². The molecule has 19 heavy (non-hydrogen) atoms. The lowest BCUT2D eigenvalue weighted by molar-refractivity contribution is 0.895. The van der Waals surface area contributed by atoms with Crippen LogP contribution < -0.4 is 5.69 Å². The molecule has 0 bridgehead atoms. The van der Waals surface area contributed by atoms with Crippen LogP contribution in [0.25, 0.3) is 0 Å². The largest absolute Gasteiger partial charge is 0.346 e. The summed E-state index contributed by atoms with van der Waals surface area (Å²) in [5.41, 5.74) is 3.33. The highest BCUT2D eigenvalue weighted by Gasteiger charge is 2.17. The van der Waals surface area contributed by atoms with Gasteiger partial charge in [0.05, 0.1) is 0 Å². The van der Waals surface area contributed by atoms with E-state index < -0.39 is 0 Å². The molecule has 2 aromatic rings. The highest BCUT2D eigenvalue weighted by molar-refractivity contribution is 9.10. The summed E-state index contributed by atoms with van der Waals surface area (Å²) in [5.74, 6) is 0.843. The molecule has 1 aromatic carbocycles. The number of thioether (sulfide) groups is 1. The van der Waals surface area contributed by atoms with Crippen LogP contribution in [0.3, 0.4) is 0 Å². The Kier molecular flexibility index (Phi) is 3.75. The number of aromatic amines is 1. The van der Waals surface area contributed by atoms with E-state index in [1.165, 1.54) is 11.1 Å². The van der Waals surface area contributed by atoms with E-state index >= 15 is 0 Å². The van der Waals surface area contributed by atoms with Crippen molar-refractivity contribution < 1.29 is 0 Å². The zero-order chi connectivity index (χ0) is 13.2. The van der Waals surface area contributed by atoms with Gasteiger partial charge in [-0.15, -0.1) is 11.8 Å². The standard InChI is InChI=1S/C14H13BrN2OS/c15-10-6-4-9(5-7-10)8-19-13-11-2-1-3-12(11)16-14(18)17-13/h4-7H,1-3,8H2,(H,16,17,18). The Bertz CT molecular complexity index is 651. The number of nitrogens with zero attached hydrogens (tertiary/aromatic N) is 1. The molecule has 98 valence electrons. The molecule has 0 saturated carbocycles. The predicted octanol–water partition coefficient (Wildman–Crippen LogP) is 3.31. The fourth-order valence-corrected chi connectivity index (χ4v) is 3.59. The molecule has 5 heteroatoms. The number of rotatable bonds is 3. The third kappa shape index (κ3) is 2.92. The monoisotopic (exact) mass is 336 g/mol. The molecule has 0 unspecified atom stereocenters. The van der Waals surface area contributed by atoms with Crippen molar-refractivity contribution in [1.82, 2.24) is 9.97 Å². The summed E-state index contributed by atoms with van der Waals surface area (Å²) in [7, 11) is 0. The van der Waals surface area contributed by atoms with Crippen molar-refractivity contribution in [2.24, 2.45) is 0 Å². The third-order valence-corrected chi connectivity index (χ3v) is 4.84. The van der Waals surface area contributed by atoms with E-state index in [4.69, 9.17) is 0 Å². The van der Waals surface area contributed by atoms with Crippen LogP contribution in [0.2, 0.25) is 0 Å². The lowest BCUT2D eigenvalue weighted by Gasteiger charge is -2.06. The second-order valence-corrected chi connectivity index (χ2v) is 6.45. The number of benzene rings is 1. The first-order valence-electron chi connectivity index (χ1n) is 6.22. The summed E-state index contributed by atoms with van der Waals surface area (Å²) in [6.45, 7) is 0. The van der Waals surface area contributed by atoms with Crippen molar-refractivity contribution >= 4 is 27.7 Å². The minimum atomic E-state index is -0.223. The van der Waals surface area contributed by atoms with Gasteiger partial charge in [-0.1, -0.05) is 28.1 Å². The highest BCUT2D eigenvalue weighted by atomic mass is 79.9. The maximum Gasteiger partial charge on any atom is 0.346 e. The van der Waals surface area contributed by atoms with Crippen molar-refractivity contribution in [3.8, 4) is 0 Å². The van der Waals surface area contributed by atoms with E-state index in [9.17, 15) is 4.79 Å². The SMILES string of the molecule is O=c1nc(SCc2ccc(Br)cc2)c2c([nH]1)CCC2. The fraction of sp³-hybridized carbons (Fsp3) is 0.286. The van der Waals surface area contributed by atoms with E-state index in [0.717, 1.165) is 40.2 Å². The number of H-pyrrole nitrogens is 1. The number of halogens is 1. The number of fused-ring (bicyclic) bond motifs is 1. The number of aryl methyl sites for hydroxylation is 1. The number of hydrogen-bond donors (Lipinski definition) is 1. The first-order chi connectivity index (χ1) is 9.22. The second-order valence-electron chi connectivity index (χ2n) is 4.57. The van der Waals surface area contributed by atoms with Gasteiger partial charge in [0.1, 0.15) is 5.03 Å². The number of aromatic nitrogens is 2. The Hall–Kier alpha value is -1.07. The van der Waals surface area contributed by atoms with E-state index in [2.05, 4.69) is 38.0 Å². The molecule has 1 heterocycles. The van der Waals surface area contributed by atoms with Gasteiger partial charge in [-0.2, -0.15) is 4.98 Å². The van der Waals surface area contributed by atoms with Crippen LogP contribution in [0, 0.1) is 0 Å². The van der Waals surface area contributed by atoms with Gasteiger partial charge in [-0.3, -0.25) is 0 Å². The van der Waals surface area contributed by atoms with Crippen LogP contribution in [0.15, 0.2) is 38.6 Å². The van der Waals surface area contributed by atoms with Gasteiger partial charge in [-0.25, -0.2) is 4.79 Å². The molecule has 3 nitrogen and oxygen atoms in total. The van der Waals surface area contributed by atoms with Crippen molar-refractivity contribution in [2.45, 2.75) is 30.0 Å². The fourth-order valence-electron chi connectivity index (χ4n) is 2.29. The molecular formula is C14H13BrN2OS. The van der Waals surface area contributed by atoms with Crippen LogP contribution >= 0.6 is 27.7 Å². The van der Waals surface area contributed by atoms with Crippen molar-refractivity contribution in [2.75, 3.05) is 0 Å². The molecule has 0 spiro atoms. The van der Waals surface area contributed by atoms with Crippen LogP contribution in [0.4, 0.5) is 0 Å². The topological polar surface area (TPSA) is 45.8 Å². The predicted molar refractivity (Wildman–Crippen MR) is 80.6 cm³/mol. The lowest BCUT2D eigenvalue weighted by Crippen LogP contribution is -2.14. The zero-order valence-corrected chi connectivity index (χ0v) is 12.7. The zero-order valence-electron chi connectivity index (χ0n) is 10.3. The normalized spacial score (nSPS) is 13.5. The van der Waals surface area contributed by atoms with Gasteiger partial charge in [0, 0.05) is 21.5 Å². The van der Waals surface area contributed by atoms with Gasteiger partial charge in [0.25, 0.3) is 0 Å². The lowest BCUT2D eigenvalue weighted by atomic mass is 10.2. The Morgan fingerprint density at radius 3 is 2.84 bits per heavy atom. The number of hydrogen-bond acceptors (Lipinski definition) is 3. The van der Waals surface area contributed by atoms with E-state index in [-0.39, 0.29) is 5.69 Å². The Morgan fingerprint density at radius 2 is 2.05 bits per heavy atom. The first-order valence-corrected chi connectivity index (χ1v) is 7.99. The molecule has 1 aliphatic carbocycles. The summed E-state index contributed by atoms with van der Waals surface area (Å²) >= 11 is 5.08. The Morgan fingerprint density at radius 1 is 1.26 bits per heavy atom. The summed E-state index contributed by atoms with van der Waals surface area (Å²) < 4.78 is 1.08. The third-order valence-electron chi connectivity index (χ3n) is 3.23. The quantitative estimate of drug-likeness (QED) is 0.690. The van der Waals surface area contributed by atoms with Gasteiger partial charge < -0.3 is 4.98 Å². The Labute approximate surface area is 124 Å². The molecule has 1 aliphatic rings. The molecule has 1 N–H and O–H groups in total. The van der Waals surface area contributed by atoms with Crippen LogP contribution in [-0.4, -0.2) is 9.97 Å². The smallest absolute Gasteiger partial charge is 0.309 e.